The van der Waals surface area contributed by atoms with E-state index in [0.717, 1.165) is 24.3 Å². The minimum Gasteiger partial charge on any atom is -0.494 e. The number of halogens is 1. The summed E-state index contributed by atoms with van der Waals surface area (Å²) in [5.41, 5.74) is 1.04. The molecule has 6 N–H and O–H groups in total. The van der Waals surface area contributed by atoms with E-state index in [9.17, 15) is 51.9 Å². The van der Waals surface area contributed by atoms with Crippen LogP contribution >= 0.6 is 11.6 Å². The second kappa shape index (κ2) is 15.9. The lowest BCUT2D eigenvalue weighted by Crippen LogP contribution is -2.04. The Morgan fingerprint density at radius 3 is 1.50 bits per heavy atom. The van der Waals surface area contributed by atoms with Gasteiger partial charge in [-0.05, 0) is 90.8 Å². The third kappa shape index (κ3) is 10.8. The molecule has 4 aromatic carbocycles. The van der Waals surface area contributed by atoms with Gasteiger partial charge in [-0.15, -0.1) is 0 Å². The van der Waals surface area contributed by atoms with Gasteiger partial charge in [0.2, 0.25) is 17.2 Å². The third-order valence-corrected chi connectivity index (χ3v) is 10.5. The molecule has 0 radical (unpaired) electrons. The molecule has 1 aromatic heterocycles. The smallest absolute Gasteiger partial charge is 0.294 e. The van der Waals surface area contributed by atoms with E-state index < -0.39 is 60.1 Å². The molecule has 0 amide bonds. The molecule has 0 saturated carbocycles. The lowest BCUT2D eigenvalue weighted by atomic mass is 10.2. The van der Waals surface area contributed by atoms with Gasteiger partial charge in [-0.1, -0.05) is 0 Å². The number of ether oxygens (including phenoxy) is 1. The lowest BCUT2D eigenvalue weighted by Gasteiger charge is -2.12. The van der Waals surface area contributed by atoms with Crippen LogP contribution in [0.25, 0.3) is 0 Å². The second-order valence-corrected chi connectivity index (χ2v) is 17.0. The molecule has 0 unspecified atom stereocenters. The number of nitrogens with zero attached hydrogens (tertiary/aromatic N) is 7. The highest BCUT2D eigenvalue weighted by Crippen LogP contribution is 2.34. The van der Waals surface area contributed by atoms with Crippen LogP contribution in [0.2, 0.25) is 5.28 Å². The van der Waals surface area contributed by atoms with Crippen molar-refractivity contribution in [3.63, 3.8) is 0 Å². The van der Waals surface area contributed by atoms with Gasteiger partial charge in [0.05, 0.1) is 55.1 Å². The molecule has 0 saturated heterocycles. The normalized spacial score (nSPS) is 12.6. The summed E-state index contributed by atoms with van der Waals surface area (Å²) in [6.07, 6.45) is 0. The highest BCUT2D eigenvalue weighted by molar-refractivity contribution is 7.87. The first-order valence-electron chi connectivity index (χ1n) is 14.8. The van der Waals surface area contributed by atoms with Crippen LogP contribution in [0.5, 0.6) is 5.75 Å². The number of hydrogen-bond donors (Lipinski definition) is 6. The number of hydrogen-bond acceptors (Lipinski definition) is 18. The molecule has 0 spiro atoms. The molecule has 0 fully saturated rings. The van der Waals surface area contributed by atoms with E-state index in [1.807, 2.05) is 0 Å². The van der Waals surface area contributed by atoms with Gasteiger partial charge in [-0.2, -0.15) is 69.1 Å². The van der Waals surface area contributed by atoms with Crippen LogP contribution in [-0.4, -0.2) is 73.9 Å². The zero-order valence-corrected chi connectivity index (χ0v) is 32.1. The number of nitrogens with one attached hydrogen (secondary N) is 2. The van der Waals surface area contributed by atoms with Crippen molar-refractivity contribution in [3.05, 3.63) is 83.6 Å². The Bertz CT molecular complexity index is 2800. The summed E-state index contributed by atoms with van der Waals surface area (Å²) in [6.45, 7) is 1.65. The molecule has 0 bridgehead atoms. The molecule has 0 aliphatic carbocycles. The Morgan fingerprint density at radius 1 is 0.571 bits per heavy atom. The Hall–Kier alpha value is -5.58. The first-order chi connectivity index (χ1) is 26.0. The molecule has 0 aliphatic rings. The molecular formula is C29H24ClN9O13S4. The van der Waals surface area contributed by atoms with E-state index in [1.165, 1.54) is 31.4 Å². The Morgan fingerprint density at radius 2 is 1.04 bits per heavy atom. The molecule has 56 heavy (non-hydrogen) atoms. The van der Waals surface area contributed by atoms with E-state index in [-0.39, 0.29) is 45.7 Å². The van der Waals surface area contributed by atoms with Crippen molar-refractivity contribution in [1.82, 2.24) is 15.0 Å². The number of methoxy groups -OCH3 is 1. The molecule has 0 aliphatic heterocycles. The van der Waals surface area contributed by atoms with Crippen molar-refractivity contribution < 1.29 is 56.6 Å². The number of aromatic nitrogens is 3. The predicted molar refractivity (Wildman–Crippen MR) is 196 cm³/mol. The number of rotatable bonds is 13. The average molecular weight is 870 g/mol. The largest absolute Gasteiger partial charge is 0.494 e. The molecule has 0 atom stereocenters. The Labute approximate surface area is 322 Å². The standard InChI is InChI=1S/C29H24ClN9O13S4/c1-15-7-16(3-5-24(15)39-38-19-10-22(55(46,47)48)14-23(11-19)56(49,50)51)31-28-33-27(30)34-29(35-28)32-25-6-4-17(12-26(25)52-2)36-37-18-8-20(53(40,41)42)13-21(9-18)54(43,44)45/h3-14H,1-2H3,(H,40,41,42)(H,43,44,45)(H,46,47,48)(H,49,50,51)(H2,31,32,33,34,35). The van der Waals surface area contributed by atoms with Gasteiger partial charge in [0.15, 0.2) is 0 Å². The van der Waals surface area contributed by atoms with Gasteiger partial charge in [0.1, 0.15) is 5.75 Å². The maximum Gasteiger partial charge on any atom is 0.294 e. The molecule has 1 heterocycles. The van der Waals surface area contributed by atoms with Gasteiger partial charge < -0.3 is 15.4 Å². The van der Waals surface area contributed by atoms with Crippen molar-refractivity contribution in [1.29, 1.82) is 0 Å². The third-order valence-electron chi connectivity index (χ3n) is 6.97. The number of anilines is 4. The molecule has 5 aromatic rings. The molecule has 294 valence electrons. The minimum absolute atomic E-state index is 0.0122. The zero-order valence-electron chi connectivity index (χ0n) is 28.0. The van der Waals surface area contributed by atoms with Crippen LogP contribution in [0, 0.1) is 6.92 Å². The highest BCUT2D eigenvalue weighted by atomic mass is 35.5. The summed E-state index contributed by atoms with van der Waals surface area (Å²) in [4.78, 5) is 9.05. The van der Waals surface area contributed by atoms with Gasteiger partial charge in [-0.3, -0.25) is 18.2 Å². The summed E-state index contributed by atoms with van der Waals surface area (Å²) in [5, 5.41) is 21.2. The van der Waals surface area contributed by atoms with E-state index in [4.69, 9.17) is 16.3 Å². The highest BCUT2D eigenvalue weighted by Gasteiger charge is 2.20. The van der Waals surface area contributed by atoms with Crippen LogP contribution in [0.3, 0.4) is 0 Å². The van der Waals surface area contributed by atoms with Crippen LogP contribution < -0.4 is 15.4 Å². The zero-order chi connectivity index (χ0) is 41.2. The molecule has 5 rings (SSSR count). The van der Waals surface area contributed by atoms with Crippen molar-refractivity contribution in [2.75, 3.05) is 17.7 Å². The fourth-order valence-electron chi connectivity index (χ4n) is 4.45. The van der Waals surface area contributed by atoms with Gasteiger partial charge in [0, 0.05) is 11.8 Å². The Balaban J connectivity index is 1.34. The lowest BCUT2D eigenvalue weighted by molar-refractivity contribution is 0.417. The van der Waals surface area contributed by atoms with Gasteiger partial charge in [-0.25, -0.2) is 0 Å². The maximum absolute atomic E-state index is 11.6. The van der Waals surface area contributed by atoms with Crippen molar-refractivity contribution >= 4 is 98.1 Å². The Kier molecular flexibility index (Phi) is 11.8. The predicted octanol–water partition coefficient (Wildman–Crippen LogP) is 6.15. The summed E-state index contributed by atoms with van der Waals surface area (Å²) in [5.74, 6) is 0.123. The van der Waals surface area contributed by atoms with E-state index >= 15 is 0 Å². The van der Waals surface area contributed by atoms with Crippen LogP contribution in [-0.2, 0) is 40.5 Å². The SMILES string of the molecule is COc1cc(N=Nc2cc(S(=O)(=O)O)cc(S(=O)(=O)O)c2)ccc1Nc1nc(Cl)nc(Nc2ccc(N=Nc3cc(S(=O)(=O)O)cc(S(=O)(=O)O)c3)c(C)c2)n1. The van der Waals surface area contributed by atoms with Crippen molar-refractivity contribution in [2.45, 2.75) is 26.5 Å². The number of aryl methyl sites for hydroxylation is 1. The monoisotopic (exact) mass is 869 g/mol. The second-order valence-electron chi connectivity index (χ2n) is 11.0. The first-order valence-corrected chi connectivity index (χ1v) is 20.9. The van der Waals surface area contributed by atoms with Crippen molar-refractivity contribution in [2.24, 2.45) is 20.5 Å². The van der Waals surface area contributed by atoms with E-state index in [0.29, 0.717) is 29.1 Å². The van der Waals surface area contributed by atoms with Crippen LogP contribution in [0.1, 0.15) is 5.56 Å². The average Bonchev–Trinajstić information content (AvgIpc) is 3.09. The maximum atomic E-state index is 11.6. The van der Waals surface area contributed by atoms with Crippen molar-refractivity contribution in [3.8, 4) is 5.75 Å². The number of azo groups is 2. The number of benzene rings is 4. The van der Waals surface area contributed by atoms with Gasteiger partial charge in [0.25, 0.3) is 40.5 Å². The fourth-order valence-corrected chi connectivity index (χ4v) is 6.95. The van der Waals surface area contributed by atoms with Gasteiger partial charge >= 0.3 is 0 Å². The first kappa shape index (κ1) is 41.6. The molecular weight excluding hydrogens is 846 g/mol. The minimum atomic E-state index is -4.87. The topological polar surface area (TPSA) is 339 Å². The summed E-state index contributed by atoms with van der Waals surface area (Å²) < 4.78 is 136. The summed E-state index contributed by atoms with van der Waals surface area (Å²) in [6, 6.07) is 13.5. The van der Waals surface area contributed by atoms with E-state index in [2.05, 4.69) is 46.0 Å². The fraction of sp³-hybridized carbons (Fsp3) is 0.0690. The summed E-state index contributed by atoms with van der Waals surface area (Å²) >= 11 is 6.15. The molecule has 27 heteroatoms. The molecule has 22 nitrogen and oxygen atoms in total. The van der Waals surface area contributed by atoms with E-state index in [1.54, 1.807) is 19.1 Å². The quantitative estimate of drug-likeness (QED) is 0.0571. The van der Waals surface area contributed by atoms with Crippen LogP contribution in [0.4, 0.5) is 46.0 Å². The van der Waals surface area contributed by atoms with Crippen LogP contribution in [0.15, 0.2) is 113 Å². The summed E-state index contributed by atoms with van der Waals surface area (Å²) in [7, 11) is -18.1.